The maximum Gasteiger partial charge on any atom is 0.256 e. The van der Waals surface area contributed by atoms with Crippen LogP contribution in [-0.4, -0.2) is 38.2 Å². The first-order valence-corrected chi connectivity index (χ1v) is 6.87. The van der Waals surface area contributed by atoms with E-state index in [0.29, 0.717) is 24.1 Å². The molecule has 0 radical (unpaired) electrons. The lowest BCUT2D eigenvalue weighted by atomic mass is 10.1. The minimum absolute atomic E-state index is 0.179. The highest BCUT2D eigenvalue weighted by Crippen LogP contribution is 2.17. The van der Waals surface area contributed by atoms with Crippen molar-refractivity contribution >= 4 is 27.2 Å². The molecular formula is C8H15NO3S2. The zero-order valence-corrected chi connectivity index (χ0v) is 9.79. The number of thiocarbonyl (C=S) groups is 1. The van der Waals surface area contributed by atoms with Crippen LogP contribution in [0.3, 0.4) is 0 Å². The molecule has 1 atom stereocenters. The van der Waals surface area contributed by atoms with Gasteiger partial charge >= 0.3 is 0 Å². The maximum absolute atomic E-state index is 11.1. The molecular weight excluding hydrogens is 222 g/mol. The van der Waals surface area contributed by atoms with Gasteiger partial charge < -0.3 is 10.1 Å². The molecule has 0 bridgehead atoms. The third-order valence-electron chi connectivity index (χ3n) is 2.14. The summed E-state index contributed by atoms with van der Waals surface area (Å²) in [4.78, 5) is 0. The summed E-state index contributed by atoms with van der Waals surface area (Å²) in [5.74, 6) is 0.758. The standard InChI is InChI=1S/C8H15NO3S2/c1-2-12-8(13)9-5-7-3-4-14(10,11)6-7/h7H,2-6H2,1H3,(H,9,13). The molecule has 1 heterocycles. The number of sulfone groups is 1. The van der Waals surface area contributed by atoms with Crippen LogP contribution in [0.25, 0.3) is 0 Å². The van der Waals surface area contributed by atoms with Crippen LogP contribution in [0.15, 0.2) is 0 Å². The Balaban J connectivity index is 2.24. The Kier molecular flexibility index (Phi) is 4.12. The first kappa shape index (κ1) is 11.7. The Bertz CT molecular complexity index is 300. The van der Waals surface area contributed by atoms with Gasteiger partial charge in [0.1, 0.15) is 0 Å². The quantitative estimate of drug-likeness (QED) is 0.717. The van der Waals surface area contributed by atoms with E-state index in [9.17, 15) is 8.42 Å². The summed E-state index contributed by atoms with van der Waals surface area (Å²) in [7, 11) is -2.78. The van der Waals surface area contributed by atoms with Gasteiger partial charge in [-0.3, -0.25) is 0 Å². The Morgan fingerprint density at radius 1 is 1.64 bits per heavy atom. The van der Waals surface area contributed by atoms with E-state index in [1.165, 1.54) is 0 Å². The van der Waals surface area contributed by atoms with Crippen LogP contribution in [0, 0.1) is 5.92 Å². The summed E-state index contributed by atoms with van der Waals surface area (Å²) in [6.07, 6.45) is 0.726. The van der Waals surface area contributed by atoms with Crippen LogP contribution in [0.4, 0.5) is 0 Å². The van der Waals surface area contributed by atoms with E-state index in [0.717, 1.165) is 6.42 Å². The van der Waals surface area contributed by atoms with E-state index >= 15 is 0 Å². The summed E-state index contributed by atoms with van der Waals surface area (Å²) < 4.78 is 27.3. The third-order valence-corrected chi connectivity index (χ3v) is 4.24. The molecule has 1 aliphatic rings. The Hall–Kier alpha value is -0.360. The molecule has 1 rings (SSSR count). The molecule has 0 aromatic heterocycles. The molecule has 4 nitrogen and oxygen atoms in total. The van der Waals surface area contributed by atoms with E-state index in [-0.39, 0.29) is 11.7 Å². The van der Waals surface area contributed by atoms with Crippen molar-refractivity contribution in [2.45, 2.75) is 13.3 Å². The van der Waals surface area contributed by atoms with Gasteiger partial charge in [0, 0.05) is 6.54 Å². The summed E-state index contributed by atoms with van der Waals surface area (Å²) >= 11 is 4.86. The summed E-state index contributed by atoms with van der Waals surface area (Å²) in [5.41, 5.74) is 0. The summed E-state index contributed by atoms with van der Waals surface area (Å²) in [6, 6.07) is 0. The van der Waals surface area contributed by atoms with Gasteiger partial charge in [-0.05, 0) is 31.5 Å². The average molecular weight is 237 g/mol. The molecule has 0 saturated carbocycles. The van der Waals surface area contributed by atoms with Crippen molar-refractivity contribution in [3.05, 3.63) is 0 Å². The largest absolute Gasteiger partial charge is 0.471 e. The molecule has 0 amide bonds. The number of ether oxygens (including phenoxy) is 1. The second-order valence-corrected chi connectivity index (χ2v) is 5.97. The van der Waals surface area contributed by atoms with Crippen molar-refractivity contribution in [3.63, 3.8) is 0 Å². The van der Waals surface area contributed by atoms with Crippen LogP contribution < -0.4 is 5.32 Å². The first-order valence-electron chi connectivity index (χ1n) is 4.64. The molecule has 82 valence electrons. The highest BCUT2D eigenvalue weighted by Gasteiger charge is 2.27. The average Bonchev–Trinajstić information content (AvgIpc) is 2.43. The van der Waals surface area contributed by atoms with Crippen LogP contribution in [0.5, 0.6) is 0 Å². The van der Waals surface area contributed by atoms with Crippen LogP contribution in [0.1, 0.15) is 13.3 Å². The highest BCUT2D eigenvalue weighted by atomic mass is 32.2. The van der Waals surface area contributed by atoms with Gasteiger partial charge in [-0.25, -0.2) is 8.42 Å². The van der Waals surface area contributed by atoms with Crippen LogP contribution >= 0.6 is 12.2 Å². The predicted molar refractivity (Wildman–Crippen MR) is 59.0 cm³/mol. The van der Waals surface area contributed by atoms with Gasteiger partial charge in [-0.1, -0.05) is 0 Å². The molecule has 0 aromatic carbocycles. The molecule has 1 fully saturated rings. The third kappa shape index (κ3) is 3.79. The van der Waals surface area contributed by atoms with E-state index in [2.05, 4.69) is 5.32 Å². The number of hydrogen-bond donors (Lipinski definition) is 1. The molecule has 0 aromatic rings. The molecule has 1 unspecified atom stereocenters. The van der Waals surface area contributed by atoms with Crippen LogP contribution in [-0.2, 0) is 14.6 Å². The maximum atomic E-state index is 11.1. The normalized spacial score (nSPS) is 24.5. The molecule has 1 saturated heterocycles. The molecule has 1 N–H and O–H groups in total. The molecule has 14 heavy (non-hydrogen) atoms. The monoisotopic (exact) mass is 237 g/mol. The lowest BCUT2D eigenvalue weighted by Crippen LogP contribution is -2.30. The fourth-order valence-corrected chi connectivity index (χ4v) is 3.51. The van der Waals surface area contributed by atoms with E-state index in [4.69, 9.17) is 17.0 Å². The zero-order valence-electron chi connectivity index (χ0n) is 8.15. The molecule has 0 spiro atoms. The number of rotatable bonds is 3. The van der Waals surface area contributed by atoms with E-state index < -0.39 is 9.84 Å². The lowest BCUT2D eigenvalue weighted by Gasteiger charge is -2.11. The molecule has 1 aliphatic heterocycles. The SMILES string of the molecule is CCOC(=S)NCC1CCS(=O)(=O)C1. The van der Waals surface area contributed by atoms with Gasteiger partial charge in [-0.15, -0.1) is 0 Å². The first-order chi connectivity index (χ1) is 6.53. The Morgan fingerprint density at radius 3 is 2.86 bits per heavy atom. The fraction of sp³-hybridized carbons (Fsp3) is 0.875. The second-order valence-electron chi connectivity index (χ2n) is 3.37. The summed E-state index contributed by atoms with van der Waals surface area (Å²) in [5, 5.41) is 3.27. The minimum Gasteiger partial charge on any atom is -0.471 e. The van der Waals surface area contributed by atoms with E-state index in [1.807, 2.05) is 6.92 Å². The van der Waals surface area contributed by atoms with Crippen molar-refractivity contribution in [2.75, 3.05) is 24.7 Å². The predicted octanol–water partition coefficient (Wildman–Crippen LogP) is 0.332. The van der Waals surface area contributed by atoms with Crippen molar-refractivity contribution in [1.29, 1.82) is 0 Å². The molecule has 6 heteroatoms. The van der Waals surface area contributed by atoms with Gasteiger partial charge in [0.15, 0.2) is 9.84 Å². The number of hydrogen-bond acceptors (Lipinski definition) is 4. The molecule has 0 aliphatic carbocycles. The topological polar surface area (TPSA) is 55.4 Å². The fourth-order valence-electron chi connectivity index (χ4n) is 1.44. The Labute approximate surface area is 89.9 Å². The van der Waals surface area contributed by atoms with Crippen molar-refractivity contribution in [2.24, 2.45) is 5.92 Å². The van der Waals surface area contributed by atoms with Gasteiger partial charge in [-0.2, -0.15) is 0 Å². The zero-order chi connectivity index (χ0) is 10.6. The second kappa shape index (κ2) is 4.93. The Morgan fingerprint density at radius 2 is 2.36 bits per heavy atom. The van der Waals surface area contributed by atoms with Crippen LogP contribution in [0.2, 0.25) is 0 Å². The van der Waals surface area contributed by atoms with Gasteiger partial charge in [0.25, 0.3) is 5.17 Å². The van der Waals surface area contributed by atoms with Gasteiger partial charge in [0.2, 0.25) is 0 Å². The van der Waals surface area contributed by atoms with Crippen molar-refractivity contribution < 1.29 is 13.2 Å². The smallest absolute Gasteiger partial charge is 0.256 e. The van der Waals surface area contributed by atoms with Gasteiger partial charge in [0.05, 0.1) is 18.1 Å². The van der Waals surface area contributed by atoms with Crippen molar-refractivity contribution in [1.82, 2.24) is 5.32 Å². The lowest BCUT2D eigenvalue weighted by molar-refractivity contribution is 0.317. The van der Waals surface area contributed by atoms with E-state index in [1.54, 1.807) is 0 Å². The number of nitrogens with one attached hydrogen (secondary N) is 1. The minimum atomic E-state index is -2.78. The highest BCUT2D eigenvalue weighted by molar-refractivity contribution is 7.91. The summed E-state index contributed by atoms with van der Waals surface area (Å²) in [6.45, 7) is 2.99. The van der Waals surface area contributed by atoms with Crippen molar-refractivity contribution in [3.8, 4) is 0 Å².